The van der Waals surface area contributed by atoms with Crippen LogP contribution in [-0.2, 0) is 11.2 Å². The number of anilines is 3. The maximum atomic E-state index is 12.0. The summed E-state index contributed by atoms with van der Waals surface area (Å²) in [6.07, 6.45) is 2.02. The van der Waals surface area contributed by atoms with Crippen molar-refractivity contribution in [2.75, 3.05) is 10.6 Å². The van der Waals surface area contributed by atoms with Gasteiger partial charge in [0.2, 0.25) is 5.91 Å². The lowest BCUT2D eigenvalue weighted by Gasteiger charge is -2.10. The van der Waals surface area contributed by atoms with Gasteiger partial charge in [-0.3, -0.25) is 4.79 Å². The first-order valence-electron chi connectivity index (χ1n) is 7.41. The van der Waals surface area contributed by atoms with E-state index in [9.17, 15) is 4.79 Å². The Balaban J connectivity index is 1.61. The molecule has 0 aliphatic carbocycles. The monoisotopic (exact) mass is 357 g/mol. The van der Waals surface area contributed by atoms with Crippen molar-refractivity contribution in [2.24, 2.45) is 0 Å². The summed E-state index contributed by atoms with van der Waals surface area (Å²) in [6, 6.07) is 13.2. The molecule has 6 heteroatoms. The molecule has 0 spiro atoms. The second-order valence-electron chi connectivity index (χ2n) is 5.32. The largest absolute Gasteiger partial charge is 0.340 e. The van der Waals surface area contributed by atoms with Crippen LogP contribution in [0.25, 0.3) is 0 Å². The lowest BCUT2D eigenvalue weighted by Crippen LogP contribution is -2.13. The zero-order valence-electron chi connectivity index (χ0n) is 13.0. The van der Waals surface area contributed by atoms with Gasteiger partial charge >= 0.3 is 0 Å². The first kappa shape index (κ1) is 16.5. The number of benzene rings is 1. The van der Waals surface area contributed by atoms with Crippen LogP contribution in [0.5, 0.6) is 0 Å². The van der Waals surface area contributed by atoms with E-state index in [-0.39, 0.29) is 5.91 Å². The van der Waals surface area contributed by atoms with Crippen molar-refractivity contribution in [1.82, 2.24) is 4.98 Å². The molecule has 2 aromatic heterocycles. The van der Waals surface area contributed by atoms with Crippen molar-refractivity contribution >= 4 is 46.0 Å². The highest BCUT2D eigenvalue weighted by Crippen LogP contribution is 2.23. The van der Waals surface area contributed by atoms with E-state index in [1.165, 1.54) is 0 Å². The Bertz CT molecular complexity index is 832. The summed E-state index contributed by atoms with van der Waals surface area (Å²) in [5.41, 5.74) is 2.66. The van der Waals surface area contributed by atoms with Crippen LogP contribution in [0.3, 0.4) is 0 Å². The number of pyridine rings is 1. The molecule has 0 aliphatic heterocycles. The SMILES string of the molecule is Cc1cc(Cl)ccc1Nc1ccc(NC(=O)Cc2cccs2)cn1. The van der Waals surface area contributed by atoms with Crippen LogP contribution >= 0.6 is 22.9 Å². The first-order valence-corrected chi connectivity index (χ1v) is 8.67. The molecule has 2 N–H and O–H groups in total. The quantitative estimate of drug-likeness (QED) is 0.673. The second kappa shape index (κ2) is 7.47. The fraction of sp³-hybridized carbons (Fsp3) is 0.111. The molecule has 2 heterocycles. The number of aryl methyl sites for hydroxylation is 1. The molecule has 3 aromatic rings. The van der Waals surface area contributed by atoms with Crippen molar-refractivity contribution in [3.63, 3.8) is 0 Å². The van der Waals surface area contributed by atoms with Gasteiger partial charge in [0.25, 0.3) is 0 Å². The maximum Gasteiger partial charge on any atom is 0.229 e. The lowest BCUT2D eigenvalue weighted by molar-refractivity contribution is -0.115. The van der Waals surface area contributed by atoms with Crippen LogP contribution < -0.4 is 10.6 Å². The van der Waals surface area contributed by atoms with E-state index in [4.69, 9.17) is 11.6 Å². The zero-order valence-corrected chi connectivity index (χ0v) is 14.6. The molecule has 0 bridgehead atoms. The number of aromatic nitrogens is 1. The molecule has 0 atom stereocenters. The van der Waals surface area contributed by atoms with Crippen molar-refractivity contribution in [1.29, 1.82) is 0 Å². The summed E-state index contributed by atoms with van der Waals surface area (Å²) in [5, 5.41) is 8.75. The number of hydrogen-bond acceptors (Lipinski definition) is 4. The molecule has 0 unspecified atom stereocenters. The first-order chi connectivity index (χ1) is 11.6. The Labute approximate surface area is 149 Å². The summed E-state index contributed by atoms with van der Waals surface area (Å²) in [5.74, 6) is 0.658. The van der Waals surface area contributed by atoms with Gasteiger partial charge in [-0.15, -0.1) is 11.3 Å². The Kier molecular flexibility index (Phi) is 5.13. The van der Waals surface area contributed by atoms with Gasteiger partial charge in [-0.2, -0.15) is 0 Å². The van der Waals surface area contributed by atoms with Gasteiger partial charge in [0.05, 0.1) is 18.3 Å². The summed E-state index contributed by atoms with van der Waals surface area (Å²) in [4.78, 5) is 17.3. The van der Waals surface area contributed by atoms with E-state index < -0.39 is 0 Å². The van der Waals surface area contributed by atoms with Crippen LogP contribution in [-0.4, -0.2) is 10.9 Å². The van der Waals surface area contributed by atoms with Gasteiger partial charge in [0.1, 0.15) is 5.82 Å². The number of nitrogens with one attached hydrogen (secondary N) is 2. The number of thiophene rings is 1. The molecule has 1 amide bonds. The Hall–Kier alpha value is -2.37. The van der Waals surface area contributed by atoms with Gasteiger partial charge in [0, 0.05) is 15.6 Å². The predicted octanol–water partition coefficient (Wildman–Crippen LogP) is 5.03. The Morgan fingerprint density at radius 3 is 2.79 bits per heavy atom. The van der Waals surface area contributed by atoms with Crippen LogP contribution in [0.15, 0.2) is 54.0 Å². The van der Waals surface area contributed by atoms with Gasteiger partial charge in [-0.1, -0.05) is 17.7 Å². The average Bonchev–Trinajstić information content (AvgIpc) is 3.04. The van der Waals surface area contributed by atoms with Crippen molar-refractivity contribution in [2.45, 2.75) is 13.3 Å². The van der Waals surface area contributed by atoms with E-state index in [1.54, 1.807) is 17.5 Å². The molecule has 0 saturated heterocycles. The molecule has 1 aromatic carbocycles. The third kappa shape index (κ3) is 4.34. The molecule has 122 valence electrons. The molecule has 0 aliphatic rings. The van der Waals surface area contributed by atoms with Gasteiger partial charge in [-0.25, -0.2) is 4.98 Å². The van der Waals surface area contributed by atoms with Crippen molar-refractivity contribution in [3.05, 3.63) is 69.5 Å². The zero-order chi connectivity index (χ0) is 16.9. The van der Waals surface area contributed by atoms with E-state index in [1.807, 2.05) is 54.8 Å². The van der Waals surface area contributed by atoms with Crippen LogP contribution in [0.4, 0.5) is 17.2 Å². The number of halogens is 1. The van der Waals surface area contributed by atoms with Gasteiger partial charge < -0.3 is 10.6 Å². The van der Waals surface area contributed by atoms with Gasteiger partial charge in [-0.05, 0) is 54.3 Å². The molecule has 0 saturated carbocycles. The smallest absolute Gasteiger partial charge is 0.229 e. The molecular weight excluding hydrogens is 342 g/mol. The highest BCUT2D eigenvalue weighted by Gasteiger charge is 2.06. The van der Waals surface area contributed by atoms with Gasteiger partial charge in [0.15, 0.2) is 0 Å². The molecule has 24 heavy (non-hydrogen) atoms. The molecule has 0 fully saturated rings. The second-order valence-corrected chi connectivity index (χ2v) is 6.79. The minimum absolute atomic E-state index is 0.0477. The number of rotatable bonds is 5. The number of amides is 1. The standard InChI is InChI=1S/C18H16ClN3OS/c1-12-9-13(19)4-6-16(12)22-17-7-5-14(11-20-17)21-18(23)10-15-3-2-8-24-15/h2-9,11H,10H2,1H3,(H,20,22)(H,21,23). The van der Waals surface area contributed by atoms with E-state index in [2.05, 4.69) is 15.6 Å². The van der Waals surface area contributed by atoms with Crippen LogP contribution in [0, 0.1) is 6.92 Å². The molecule has 3 rings (SSSR count). The fourth-order valence-corrected chi connectivity index (χ4v) is 3.15. The summed E-state index contributed by atoms with van der Waals surface area (Å²) in [7, 11) is 0. The van der Waals surface area contributed by atoms with E-state index >= 15 is 0 Å². The lowest BCUT2D eigenvalue weighted by atomic mass is 10.2. The van der Waals surface area contributed by atoms with Crippen LogP contribution in [0.1, 0.15) is 10.4 Å². The number of carbonyl (C=O) groups is 1. The predicted molar refractivity (Wildman–Crippen MR) is 100 cm³/mol. The van der Waals surface area contributed by atoms with Crippen molar-refractivity contribution < 1.29 is 4.79 Å². The van der Waals surface area contributed by atoms with Crippen LogP contribution in [0.2, 0.25) is 5.02 Å². The molecule has 4 nitrogen and oxygen atoms in total. The van der Waals surface area contributed by atoms with Crippen molar-refractivity contribution in [3.8, 4) is 0 Å². The van der Waals surface area contributed by atoms with E-state index in [0.29, 0.717) is 22.9 Å². The molecule has 0 radical (unpaired) electrons. The maximum absolute atomic E-state index is 12.0. The average molecular weight is 358 g/mol. The topological polar surface area (TPSA) is 54.0 Å². The third-order valence-electron chi connectivity index (χ3n) is 3.41. The summed E-state index contributed by atoms with van der Waals surface area (Å²) >= 11 is 7.53. The summed E-state index contributed by atoms with van der Waals surface area (Å²) < 4.78 is 0. The highest BCUT2D eigenvalue weighted by molar-refractivity contribution is 7.10. The third-order valence-corrected chi connectivity index (χ3v) is 4.52. The number of carbonyl (C=O) groups excluding carboxylic acids is 1. The highest BCUT2D eigenvalue weighted by atomic mass is 35.5. The Morgan fingerprint density at radius 1 is 1.25 bits per heavy atom. The number of nitrogens with zero attached hydrogens (tertiary/aromatic N) is 1. The Morgan fingerprint density at radius 2 is 2.12 bits per heavy atom. The number of hydrogen-bond donors (Lipinski definition) is 2. The molecular formula is C18H16ClN3OS. The van der Waals surface area contributed by atoms with E-state index in [0.717, 1.165) is 16.1 Å². The minimum atomic E-state index is -0.0477. The fourth-order valence-electron chi connectivity index (χ4n) is 2.22. The normalized spacial score (nSPS) is 10.4. The summed E-state index contributed by atoms with van der Waals surface area (Å²) in [6.45, 7) is 1.98. The minimum Gasteiger partial charge on any atom is -0.340 e.